The Balaban J connectivity index is 2.62. The molecule has 4 heteroatoms. The number of nitrogens with one attached hydrogen (secondary N) is 1. The van der Waals surface area contributed by atoms with E-state index in [0.29, 0.717) is 16.1 Å². The van der Waals surface area contributed by atoms with Crippen LogP contribution < -0.4 is 11.3 Å². The lowest BCUT2D eigenvalue weighted by Crippen LogP contribution is -2.06. The van der Waals surface area contributed by atoms with Crippen LogP contribution in [-0.4, -0.2) is 4.98 Å². The number of hydrogen-bond acceptors (Lipinski definition) is 2. The van der Waals surface area contributed by atoms with Gasteiger partial charge in [-0.3, -0.25) is 4.79 Å². The van der Waals surface area contributed by atoms with E-state index in [1.165, 1.54) is 0 Å². The van der Waals surface area contributed by atoms with E-state index >= 15 is 0 Å². The standard InChI is InChI=1S/C13H9ClN2O/c14-7-1-3-9-10-6-8(15)2-4-12(10)16-13(17)11(9)5-7/h1-6H,15H2,(H,16,17). The molecule has 0 radical (unpaired) electrons. The molecule has 1 aromatic heterocycles. The van der Waals surface area contributed by atoms with Crippen LogP contribution in [0.15, 0.2) is 41.2 Å². The topological polar surface area (TPSA) is 58.9 Å². The van der Waals surface area contributed by atoms with E-state index in [1.807, 2.05) is 12.1 Å². The number of fused-ring (bicyclic) bond motifs is 3. The molecule has 0 atom stereocenters. The molecule has 0 saturated carbocycles. The SMILES string of the molecule is Nc1ccc2[nH]c(=O)c3cc(Cl)ccc3c2c1. The third kappa shape index (κ3) is 1.56. The summed E-state index contributed by atoms with van der Waals surface area (Å²) in [5, 5.41) is 2.92. The summed E-state index contributed by atoms with van der Waals surface area (Å²) in [6.45, 7) is 0. The Kier molecular flexibility index (Phi) is 2.09. The van der Waals surface area contributed by atoms with Crippen LogP contribution >= 0.6 is 11.6 Å². The minimum absolute atomic E-state index is 0.139. The molecule has 0 aliphatic rings. The van der Waals surface area contributed by atoms with Gasteiger partial charge in [-0.1, -0.05) is 17.7 Å². The lowest BCUT2D eigenvalue weighted by molar-refractivity contribution is 1.34. The third-order valence-corrected chi connectivity index (χ3v) is 3.04. The molecule has 0 saturated heterocycles. The second kappa shape index (κ2) is 3.50. The number of hydrogen-bond donors (Lipinski definition) is 2. The number of nitrogen functional groups attached to an aromatic ring is 1. The van der Waals surface area contributed by atoms with Crippen molar-refractivity contribution >= 4 is 39.0 Å². The van der Waals surface area contributed by atoms with Crippen molar-refractivity contribution in [3.05, 3.63) is 51.8 Å². The van der Waals surface area contributed by atoms with Crippen molar-refractivity contribution in [3.8, 4) is 0 Å². The zero-order valence-electron chi connectivity index (χ0n) is 8.83. The predicted molar refractivity (Wildman–Crippen MR) is 71.5 cm³/mol. The van der Waals surface area contributed by atoms with Crippen molar-refractivity contribution < 1.29 is 0 Å². The Morgan fingerprint density at radius 1 is 1.00 bits per heavy atom. The van der Waals surface area contributed by atoms with Crippen molar-refractivity contribution in [2.75, 3.05) is 5.73 Å². The van der Waals surface area contributed by atoms with Gasteiger partial charge in [0.1, 0.15) is 0 Å². The van der Waals surface area contributed by atoms with Crippen molar-refractivity contribution in [1.29, 1.82) is 0 Å². The number of halogens is 1. The average molecular weight is 245 g/mol. The second-order valence-corrected chi connectivity index (χ2v) is 4.39. The van der Waals surface area contributed by atoms with Crippen LogP contribution in [0.4, 0.5) is 5.69 Å². The van der Waals surface area contributed by atoms with Crippen LogP contribution in [0.1, 0.15) is 0 Å². The molecular weight excluding hydrogens is 236 g/mol. The zero-order chi connectivity index (χ0) is 12.0. The summed E-state index contributed by atoms with van der Waals surface area (Å²) in [6.07, 6.45) is 0. The molecule has 0 fully saturated rings. The van der Waals surface area contributed by atoms with Gasteiger partial charge in [0.25, 0.3) is 5.56 Å². The van der Waals surface area contributed by atoms with Crippen LogP contribution in [0.5, 0.6) is 0 Å². The molecule has 17 heavy (non-hydrogen) atoms. The first kappa shape index (κ1) is 10.2. The number of pyridine rings is 1. The maximum Gasteiger partial charge on any atom is 0.256 e. The van der Waals surface area contributed by atoms with E-state index in [0.717, 1.165) is 16.3 Å². The monoisotopic (exact) mass is 244 g/mol. The van der Waals surface area contributed by atoms with Crippen LogP contribution in [0.25, 0.3) is 21.7 Å². The van der Waals surface area contributed by atoms with Gasteiger partial charge in [0, 0.05) is 27.0 Å². The van der Waals surface area contributed by atoms with Crippen molar-refractivity contribution in [1.82, 2.24) is 4.98 Å². The van der Waals surface area contributed by atoms with Crippen molar-refractivity contribution in [2.24, 2.45) is 0 Å². The average Bonchev–Trinajstić information content (AvgIpc) is 2.30. The fourth-order valence-corrected chi connectivity index (χ4v) is 2.19. The van der Waals surface area contributed by atoms with Gasteiger partial charge in [-0.15, -0.1) is 0 Å². The van der Waals surface area contributed by atoms with Gasteiger partial charge in [0.15, 0.2) is 0 Å². The molecule has 0 aliphatic heterocycles. The molecular formula is C13H9ClN2O. The Morgan fingerprint density at radius 3 is 2.65 bits per heavy atom. The molecule has 3 aromatic rings. The smallest absolute Gasteiger partial charge is 0.256 e. The lowest BCUT2D eigenvalue weighted by Gasteiger charge is -2.04. The summed E-state index contributed by atoms with van der Waals surface area (Å²) < 4.78 is 0. The van der Waals surface area contributed by atoms with E-state index in [4.69, 9.17) is 17.3 Å². The van der Waals surface area contributed by atoms with Crippen molar-refractivity contribution in [3.63, 3.8) is 0 Å². The van der Waals surface area contributed by atoms with Crippen LogP contribution in [0.3, 0.4) is 0 Å². The highest BCUT2D eigenvalue weighted by Gasteiger charge is 2.05. The Morgan fingerprint density at radius 2 is 1.82 bits per heavy atom. The van der Waals surface area contributed by atoms with Crippen LogP contribution in [0, 0.1) is 0 Å². The molecule has 84 valence electrons. The molecule has 2 aromatic carbocycles. The predicted octanol–water partition coefficient (Wildman–Crippen LogP) is 2.92. The maximum atomic E-state index is 11.9. The molecule has 3 nitrogen and oxygen atoms in total. The number of nitrogens with two attached hydrogens (primary N) is 1. The highest BCUT2D eigenvalue weighted by Crippen LogP contribution is 2.25. The molecule has 0 aliphatic carbocycles. The number of H-pyrrole nitrogens is 1. The molecule has 0 bridgehead atoms. The highest BCUT2D eigenvalue weighted by molar-refractivity contribution is 6.31. The molecule has 0 amide bonds. The molecule has 1 heterocycles. The Labute approximate surface area is 102 Å². The number of benzene rings is 2. The van der Waals surface area contributed by atoms with E-state index in [-0.39, 0.29) is 5.56 Å². The first-order valence-electron chi connectivity index (χ1n) is 5.16. The Bertz CT molecular complexity index is 792. The molecule has 3 N–H and O–H groups in total. The minimum Gasteiger partial charge on any atom is -0.399 e. The summed E-state index contributed by atoms with van der Waals surface area (Å²) in [6, 6.07) is 10.7. The Hall–Kier alpha value is -2.00. The quantitative estimate of drug-likeness (QED) is 0.472. The van der Waals surface area contributed by atoms with Gasteiger partial charge in [-0.2, -0.15) is 0 Å². The summed E-state index contributed by atoms with van der Waals surface area (Å²) >= 11 is 5.90. The van der Waals surface area contributed by atoms with Gasteiger partial charge < -0.3 is 10.7 Å². The van der Waals surface area contributed by atoms with E-state index < -0.39 is 0 Å². The number of anilines is 1. The maximum absolute atomic E-state index is 11.9. The molecule has 0 unspecified atom stereocenters. The first-order chi connectivity index (χ1) is 8.15. The van der Waals surface area contributed by atoms with Gasteiger partial charge in [-0.05, 0) is 35.7 Å². The fourth-order valence-electron chi connectivity index (χ4n) is 2.02. The van der Waals surface area contributed by atoms with Crippen LogP contribution in [-0.2, 0) is 0 Å². The number of aromatic nitrogens is 1. The number of rotatable bonds is 0. The minimum atomic E-state index is -0.139. The van der Waals surface area contributed by atoms with Crippen molar-refractivity contribution in [2.45, 2.75) is 0 Å². The number of aromatic amines is 1. The van der Waals surface area contributed by atoms with Gasteiger partial charge in [0.2, 0.25) is 0 Å². The summed E-state index contributed by atoms with van der Waals surface area (Å²) in [7, 11) is 0. The summed E-state index contributed by atoms with van der Waals surface area (Å²) in [5.41, 5.74) is 7.07. The first-order valence-corrected chi connectivity index (χ1v) is 5.54. The zero-order valence-corrected chi connectivity index (χ0v) is 9.58. The van der Waals surface area contributed by atoms with Gasteiger partial charge in [-0.25, -0.2) is 0 Å². The van der Waals surface area contributed by atoms with E-state index in [1.54, 1.807) is 24.3 Å². The highest BCUT2D eigenvalue weighted by atomic mass is 35.5. The lowest BCUT2D eigenvalue weighted by atomic mass is 10.1. The summed E-state index contributed by atoms with van der Waals surface area (Å²) in [4.78, 5) is 14.7. The van der Waals surface area contributed by atoms with E-state index in [9.17, 15) is 4.79 Å². The van der Waals surface area contributed by atoms with Gasteiger partial charge in [0.05, 0.1) is 0 Å². The normalized spacial score (nSPS) is 11.1. The molecule has 0 spiro atoms. The summed E-state index contributed by atoms with van der Waals surface area (Å²) in [5.74, 6) is 0. The largest absolute Gasteiger partial charge is 0.399 e. The van der Waals surface area contributed by atoms with Gasteiger partial charge >= 0.3 is 0 Å². The fraction of sp³-hybridized carbons (Fsp3) is 0. The second-order valence-electron chi connectivity index (χ2n) is 3.95. The third-order valence-electron chi connectivity index (χ3n) is 2.81. The van der Waals surface area contributed by atoms with Crippen LogP contribution in [0.2, 0.25) is 5.02 Å². The van der Waals surface area contributed by atoms with E-state index in [2.05, 4.69) is 4.98 Å². The molecule has 3 rings (SSSR count).